The molecule has 17 heavy (non-hydrogen) atoms. The standard InChI is InChI=1S/C14H19N3/c1-3-15-11-14(13-7-5-4-6-8-13)17-10-9-16-12(17)2/h4-10,14-15H,3,11H2,1-2H3. The molecule has 0 aliphatic carbocycles. The first-order valence-corrected chi connectivity index (χ1v) is 6.08. The Kier molecular flexibility index (Phi) is 3.94. The Morgan fingerprint density at radius 3 is 2.65 bits per heavy atom. The Balaban J connectivity index is 2.29. The van der Waals surface area contributed by atoms with E-state index < -0.39 is 0 Å². The first-order chi connectivity index (χ1) is 8.33. The molecule has 0 aliphatic rings. The summed E-state index contributed by atoms with van der Waals surface area (Å²) >= 11 is 0. The number of aromatic nitrogens is 2. The summed E-state index contributed by atoms with van der Waals surface area (Å²) in [5.41, 5.74) is 1.31. The van der Waals surface area contributed by atoms with Crippen molar-refractivity contribution in [1.29, 1.82) is 0 Å². The zero-order valence-corrected chi connectivity index (χ0v) is 10.4. The van der Waals surface area contributed by atoms with E-state index in [1.165, 1.54) is 5.56 Å². The Bertz CT molecular complexity index is 448. The summed E-state index contributed by atoms with van der Waals surface area (Å²) in [5.74, 6) is 1.05. The van der Waals surface area contributed by atoms with Crippen LogP contribution in [0.2, 0.25) is 0 Å². The summed E-state index contributed by atoms with van der Waals surface area (Å²) in [6.45, 7) is 6.08. The van der Waals surface area contributed by atoms with Gasteiger partial charge in [-0.1, -0.05) is 37.3 Å². The van der Waals surface area contributed by atoms with E-state index in [9.17, 15) is 0 Å². The van der Waals surface area contributed by atoms with Crippen molar-refractivity contribution in [3.63, 3.8) is 0 Å². The van der Waals surface area contributed by atoms with Gasteiger partial charge in [0, 0.05) is 18.9 Å². The third-order valence-electron chi connectivity index (χ3n) is 2.97. The molecule has 0 radical (unpaired) electrons. The summed E-state index contributed by atoms with van der Waals surface area (Å²) < 4.78 is 2.22. The van der Waals surface area contributed by atoms with Gasteiger partial charge in [0.25, 0.3) is 0 Å². The predicted octanol–water partition coefficient (Wildman–Crippen LogP) is 2.39. The number of nitrogens with zero attached hydrogens (tertiary/aromatic N) is 2. The smallest absolute Gasteiger partial charge is 0.106 e. The highest BCUT2D eigenvalue weighted by Crippen LogP contribution is 2.18. The fraction of sp³-hybridized carbons (Fsp3) is 0.357. The molecule has 1 atom stereocenters. The summed E-state index contributed by atoms with van der Waals surface area (Å²) in [4.78, 5) is 4.31. The van der Waals surface area contributed by atoms with Crippen LogP contribution in [0, 0.1) is 6.92 Å². The molecule has 1 N–H and O–H groups in total. The van der Waals surface area contributed by atoms with Gasteiger partial charge in [0.15, 0.2) is 0 Å². The van der Waals surface area contributed by atoms with E-state index in [0.29, 0.717) is 6.04 Å². The molecule has 3 nitrogen and oxygen atoms in total. The van der Waals surface area contributed by atoms with Gasteiger partial charge in [0.1, 0.15) is 5.82 Å². The Labute approximate surface area is 103 Å². The zero-order chi connectivity index (χ0) is 12.1. The van der Waals surface area contributed by atoms with Crippen LogP contribution in [-0.2, 0) is 0 Å². The third kappa shape index (κ3) is 2.74. The molecule has 0 fully saturated rings. The molecule has 1 heterocycles. The van der Waals surface area contributed by atoms with Crippen LogP contribution in [-0.4, -0.2) is 22.6 Å². The van der Waals surface area contributed by atoms with E-state index >= 15 is 0 Å². The highest BCUT2D eigenvalue weighted by Gasteiger charge is 2.13. The van der Waals surface area contributed by atoms with E-state index in [-0.39, 0.29) is 0 Å². The second kappa shape index (κ2) is 5.64. The van der Waals surface area contributed by atoms with Crippen LogP contribution in [0.15, 0.2) is 42.7 Å². The van der Waals surface area contributed by atoms with E-state index in [1.807, 2.05) is 19.3 Å². The van der Waals surface area contributed by atoms with Crippen molar-refractivity contribution in [3.05, 3.63) is 54.1 Å². The first kappa shape index (κ1) is 11.9. The molecular formula is C14H19N3. The van der Waals surface area contributed by atoms with Crippen molar-refractivity contribution in [3.8, 4) is 0 Å². The molecule has 0 bridgehead atoms. The average molecular weight is 229 g/mol. The average Bonchev–Trinajstić information content (AvgIpc) is 2.78. The van der Waals surface area contributed by atoms with Gasteiger partial charge < -0.3 is 9.88 Å². The van der Waals surface area contributed by atoms with Crippen LogP contribution >= 0.6 is 0 Å². The molecular weight excluding hydrogens is 210 g/mol. The van der Waals surface area contributed by atoms with E-state index in [2.05, 4.69) is 52.1 Å². The van der Waals surface area contributed by atoms with Gasteiger partial charge in [-0.3, -0.25) is 0 Å². The number of nitrogens with one attached hydrogen (secondary N) is 1. The zero-order valence-electron chi connectivity index (χ0n) is 10.4. The number of hydrogen-bond donors (Lipinski definition) is 1. The van der Waals surface area contributed by atoms with Crippen molar-refractivity contribution >= 4 is 0 Å². The van der Waals surface area contributed by atoms with Crippen LogP contribution in [0.4, 0.5) is 0 Å². The lowest BCUT2D eigenvalue weighted by molar-refractivity contribution is 0.521. The van der Waals surface area contributed by atoms with Gasteiger partial charge in [0.05, 0.1) is 6.04 Å². The summed E-state index contributed by atoms with van der Waals surface area (Å²) in [5, 5.41) is 3.41. The maximum absolute atomic E-state index is 4.31. The number of hydrogen-bond acceptors (Lipinski definition) is 2. The second-order valence-corrected chi connectivity index (χ2v) is 4.12. The number of aryl methyl sites for hydroxylation is 1. The lowest BCUT2D eigenvalue weighted by Gasteiger charge is -2.20. The van der Waals surface area contributed by atoms with Crippen molar-refractivity contribution in [2.75, 3.05) is 13.1 Å². The molecule has 0 spiro atoms. The van der Waals surface area contributed by atoms with Crippen molar-refractivity contribution in [2.24, 2.45) is 0 Å². The van der Waals surface area contributed by atoms with Gasteiger partial charge in [-0.2, -0.15) is 0 Å². The molecule has 2 aromatic rings. The number of likely N-dealkylation sites (N-methyl/N-ethyl adjacent to an activating group) is 1. The first-order valence-electron chi connectivity index (χ1n) is 6.08. The minimum Gasteiger partial charge on any atom is -0.326 e. The van der Waals surface area contributed by atoms with Crippen LogP contribution in [0.5, 0.6) is 0 Å². The van der Waals surface area contributed by atoms with Gasteiger partial charge in [-0.15, -0.1) is 0 Å². The van der Waals surface area contributed by atoms with Gasteiger partial charge in [-0.05, 0) is 19.0 Å². The third-order valence-corrected chi connectivity index (χ3v) is 2.97. The second-order valence-electron chi connectivity index (χ2n) is 4.12. The molecule has 1 aromatic carbocycles. The molecule has 1 unspecified atom stereocenters. The summed E-state index contributed by atoms with van der Waals surface area (Å²) in [6, 6.07) is 10.9. The fourth-order valence-electron chi connectivity index (χ4n) is 2.05. The molecule has 90 valence electrons. The molecule has 0 saturated carbocycles. The van der Waals surface area contributed by atoms with Crippen molar-refractivity contribution < 1.29 is 0 Å². The van der Waals surface area contributed by atoms with Crippen LogP contribution in [0.25, 0.3) is 0 Å². The van der Waals surface area contributed by atoms with Gasteiger partial charge in [-0.25, -0.2) is 4.98 Å². The number of rotatable bonds is 5. The maximum Gasteiger partial charge on any atom is 0.106 e. The molecule has 0 aliphatic heterocycles. The molecule has 2 rings (SSSR count). The maximum atomic E-state index is 4.31. The highest BCUT2D eigenvalue weighted by atomic mass is 15.1. The van der Waals surface area contributed by atoms with Crippen LogP contribution < -0.4 is 5.32 Å². The minimum absolute atomic E-state index is 0.318. The van der Waals surface area contributed by atoms with Crippen LogP contribution in [0.1, 0.15) is 24.4 Å². The number of benzene rings is 1. The van der Waals surface area contributed by atoms with E-state index in [1.54, 1.807) is 0 Å². The van der Waals surface area contributed by atoms with Gasteiger partial charge in [0.2, 0.25) is 0 Å². The largest absolute Gasteiger partial charge is 0.326 e. The highest BCUT2D eigenvalue weighted by molar-refractivity contribution is 5.21. The molecule has 1 aromatic heterocycles. The predicted molar refractivity (Wildman–Crippen MR) is 70.1 cm³/mol. The quantitative estimate of drug-likeness (QED) is 0.853. The fourth-order valence-corrected chi connectivity index (χ4v) is 2.05. The molecule has 3 heteroatoms. The normalized spacial score (nSPS) is 12.6. The lowest BCUT2D eigenvalue weighted by atomic mass is 10.1. The summed E-state index contributed by atoms with van der Waals surface area (Å²) in [7, 11) is 0. The van der Waals surface area contributed by atoms with Crippen LogP contribution in [0.3, 0.4) is 0 Å². The van der Waals surface area contributed by atoms with Crippen molar-refractivity contribution in [1.82, 2.24) is 14.9 Å². The van der Waals surface area contributed by atoms with E-state index in [4.69, 9.17) is 0 Å². The Morgan fingerprint density at radius 1 is 1.29 bits per heavy atom. The van der Waals surface area contributed by atoms with Gasteiger partial charge >= 0.3 is 0 Å². The van der Waals surface area contributed by atoms with Crippen molar-refractivity contribution in [2.45, 2.75) is 19.9 Å². The number of imidazole rings is 1. The molecule has 0 saturated heterocycles. The van der Waals surface area contributed by atoms with E-state index in [0.717, 1.165) is 18.9 Å². The SMILES string of the molecule is CCNCC(c1ccccc1)n1ccnc1C. The Hall–Kier alpha value is -1.61. The molecule has 0 amide bonds. The Morgan fingerprint density at radius 2 is 2.06 bits per heavy atom. The monoisotopic (exact) mass is 229 g/mol. The minimum atomic E-state index is 0.318. The topological polar surface area (TPSA) is 29.9 Å². The lowest BCUT2D eigenvalue weighted by Crippen LogP contribution is -2.26. The summed E-state index contributed by atoms with van der Waals surface area (Å²) in [6.07, 6.45) is 3.90.